The van der Waals surface area contributed by atoms with E-state index in [1.54, 1.807) is 25.7 Å². The van der Waals surface area contributed by atoms with Crippen LogP contribution in [-0.2, 0) is 17.5 Å². The zero-order chi connectivity index (χ0) is 20.7. The quantitative estimate of drug-likeness (QED) is 0.830. The number of carbonyl (C=O) groups excluding carboxylic acids is 1. The number of nitrogens with one attached hydrogen (secondary N) is 1. The highest BCUT2D eigenvalue weighted by Crippen LogP contribution is 2.34. The number of aromatic amines is 1. The number of H-pyrrole nitrogens is 1. The van der Waals surface area contributed by atoms with Gasteiger partial charge in [0.25, 0.3) is 0 Å². The number of piperidine rings is 1. The molecule has 1 N–H and O–H groups in total. The van der Waals surface area contributed by atoms with Crippen molar-refractivity contribution in [3.63, 3.8) is 0 Å². The summed E-state index contributed by atoms with van der Waals surface area (Å²) in [5, 5.41) is 0. The van der Waals surface area contributed by atoms with Gasteiger partial charge in [0, 0.05) is 19.6 Å². The maximum Gasteiger partial charge on any atom is 0.418 e. The highest BCUT2D eigenvalue weighted by molar-refractivity contribution is 5.79. The molecular formula is C19H24F3N3O3. The Morgan fingerprint density at radius 2 is 1.86 bits per heavy atom. The molecule has 1 saturated heterocycles. The number of hydrogen-bond donors (Lipinski definition) is 1. The summed E-state index contributed by atoms with van der Waals surface area (Å²) in [7, 11) is 0. The lowest BCUT2D eigenvalue weighted by Gasteiger charge is -2.33. The van der Waals surface area contributed by atoms with Gasteiger partial charge in [-0.2, -0.15) is 13.2 Å². The number of nitrogens with zero attached hydrogens (tertiary/aromatic N) is 2. The number of amides is 1. The molecule has 1 fully saturated rings. The molecule has 9 heteroatoms. The Kier molecular flexibility index (Phi) is 5.20. The van der Waals surface area contributed by atoms with Gasteiger partial charge in [-0.25, -0.2) is 9.59 Å². The van der Waals surface area contributed by atoms with Crippen LogP contribution in [0.15, 0.2) is 23.0 Å². The topological polar surface area (TPSA) is 67.3 Å². The molecule has 2 heterocycles. The van der Waals surface area contributed by atoms with E-state index >= 15 is 0 Å². The summed E-state index contributed by atoms with van der Waals surface area (Å²) in [6, 6.07) is 3.73. The second-order valence-corrected chi connectivity index (χ2v) is 8.15. The molecule has 1 aromatic heterocycles. The van der Waals surface area contributed by atoms with Crippen molar-refractivity contribution in [1.82, 2.24) is 14.5 Å². The van der Waals surface area contributed by atoms with Crippen molar-refractivity contribution in [3.8, 4) is 0 Å². The standard InChI is InChI=1S/C19H24F3N3O3/c1-18(2,3)28-17(27)24-9-7-12(8-10-24)11-25-15-13(19(20,21)22)5-4-6-14(15)23-16(25)26/h4-6,12H,7-11H2,1-3H3,(H,23,26). The maximum absolute atomic E-state index is 13.4. The monoisotopic (exact) mass is 399 g/mol. The molecule has 2 aromatic rings. The van der Waals surface area contributed by atoms with Gasteiger partial charge in [0.1, 0.15) is 5.60 Å². The van der Waals surface area contributed by atoms with Crippen molar-refractivity contribution in [2.75, 3.05) is 13.1 Å². The van der Waals surface area contributed by atoms with E-state index < -0.39 is 29.1 Å². The minimum absolute atomic E-state index is 0.00308. The van der Waals surface area contributed by atoms with E-state index in [4.69, 9.17) is 4.74 Å². The fourth-order valence-electron chi connectivity index (χ4n) is 3.51. The van der Waals surface area contributed by atoms with E-state index in [1.165, 1.54) is 16.7 Å². The second kappa shape index (κ2) is 7.18. The molecule has 1 aliphatic rings. The number of rotatable bonds is 2. The van der Waals surface area contributed by atoms with Gasteiger partial charge in [0.05, 0.1) is 16.6 Å². The van der Waals surface area contributed by atoms with Gasteiger partial charge in [0.2, 0.25) is 0 Å². The maximum atomic E-state index is 13.4. The summed E-state index contributed by atoms with van der Waals surface area (Å²) in [6.45, 7) is 6.44. The Balaban J connectivity index is 1.76. The van der Waals surface area contributed by atoms with Gasteiger partial charge in [0.15, 0.2) is 0 Å². The summed E-state index contributed by atoms with van der Waals surface area (Å²) in [5.41, 5.74) is -1.91. The normalized spacial score (nSPS) is 16.6. The number of para-hydroxylation sites is 1. The van der Waals surface area contributed by atoms with Crippen LogP contribution in [0.5, 0.6) is 0 Å². The van der Waals surface area contributed by atoms with Crippen LogP contribution in [-0.4, -0.2) is 39.2 Å². The van der Waals surface area contributed by atoms with Gasteiger partial charge in [-0.1, -0.05) is 6.07 Å². The largest absolute Gasteiger partial charge is 0.444 e. The molecular weight excluding hydrogens is 375 g/mol. The Bertz CT molecular complexity index is 916. The number of halogens is 3. The average molecular weight is 399 g/mol. The number of benzene rings is 1. The predicted molar refractivity (Wildman–Crippen MR) is 98.1 cm³/mol. The van der Waals surface area contributed by atoms with E-state index in [-0.39, 0.29) is 23.5 Å². The fraction of sp³-hybridized carbons (Fsp3) is 0.579. The summed E-state index contributed by atoms with van der Waals surface area (Å²) in [4.78, 5) is 28.5. The van der Waals surface area contributed by atoms with Crippen LogP contribution in [0, 0.1) is 5.92 Å². The van der Waals surface area contributed by atoms with Crippen LogP contribution in [0.4, 0.5) is 18.0 Å². The summed E-state index contributed by atoms with van der Waals surface area (Å²) in [6.07, 6.45) is -3.76. The lowest BCUT2D eigenvalue weighted by Crippen LogP contribution is -2.42. The number of ether oxygens (including phenoxy) is 1. The predicted octanol–water partition coefficient (Wildman–Crippen LogP) is 4.00. The van der Waals surface area contributed by atoms with Crippen molar-refractivity contribution in [1.29, 1.82) is 0 Å². The highest BCUT2D eigenvalue weighted by atomic mass is 19.4. The van der Waals surface area contributed by atoms with E-state index in [9.17, 15) is 22.8 Å². The van der Waals surface area contributed by atoms with Gasteiger partial charge in [-0.3, -0.25) is 4.57 Å². The van der Waals surface area contributed by atoms with Gasteiger partial charge in [-0.05, 0) is 51.7 Å². The molecule has 1 amide bonds. The molecule has 0 atom stereocenters. The third-order valence-electron chi connectivity index (χ3n) is 4.81. The Labute approximate surface area is 160 Å². The number of likely N-dealkylation sites (tertiary alicyclic amines) is 1. The van der Waals surface area contributed by atoms with Gasteiger partial charge in [-0.15, -0.1) is 0 Å². The number of fused-ring (bicyclic) bond motifs is 1. The highest BCUT2D eigenvalue weighted by Gasteiger charge is 2.35. The molecule has 0 unspecified atom stereocenters. The van der Waals surface area contributed by atoms with Crippen LogP contribution in [0.1, 0.15) is 39.2 Å². The van der Waals surface area contributed by atoms with E-state index in [1.807, 2.05) is 0 Å². The first-order valence-electron chi connectivity index (χ1n) is 9.22. The summed E-state index contributed by atoms with van der Waals surface area (Å²) in [5.74, 6) is -0.00308. The van der Waals surface area contributed by atoms with Crippen LogP contribution in [0.25, 0.3) is 11.0 Å². The van der Waals surface area contributed by atoms with Gasteiger partial charge >= 0.3 is 18.0 Å². The Hall–Kier alpha value is -2.45. The van der Waals surface area contributed by atoms with E-state index in [2.05, 4.69) is 4.98 Å². The first-order chi connectivity index (χ1) is 13.0. The van der Waals surface area contributed by atoms with Crippen molar-refractivity contribution in [2.24, 2.45) is 5.92 Å². The molecule has 1 aliphatic heterocycles. The number of hydrogen-bond acceptors (Lipinski definition) is 3. The van der Waals surface area contributed by atoms with Gasteiger partial charge < -0.3 is 14.6 Å². The SMILES string of the molecule is CC(C)(C)OC(=O)N1CCC(Cn2c(=O)[nH]c3cccc(C(F)(F)F)c32)CC1. The molecule has 0 radical (unpaired) electrons. The van der Waals surface area contributed by atoms with Crippen molar-refractivity contribution in [2.45, 2.75) is 51.9 Å². The van der Waals surface area contributed by atoms with Crippen molar-refractivity contribution in [3.05, 3.63) is 34.2 Å². The fourth-order valence-corrected chi connectivity index (χ4v) is 3.51. The van der Waals surface area contributed by atoms with E-state index in [0.717, 1.165) is 6.07 Å². The van der Waals surface area contributed by atoms with Crippen LogP contribution in [0.3, 0.4) is 0 Å². The molecule has 0 spiro atoms. The van der Waals surface area contributed by atoms with Crippen molar-refractivity contribution < 1.29 is 22.7 Å². The molecule has 154 valence electrons. The number of imidazole rings is 1. The van der Waals surface area contributed by atoms with Crippen molar-refractivity contribution >= 4 is 17.1 Å². The zero-order valence-corrected chi connectivity index (χ0v) is 16.1. The molecule has 1 aromatic carbocycles. The molecule has 28 heavy (non-hydrogen) atoms. The first-order valence-corrected chi connectivity index (χ1v) is 9.22. The minimum Gasteiger partial charge on any atom is -0.444 e. The summed E-state index contributed by atoms with van der Waals surface area (Å²) >= 11 is 0. The van der Waals surface area contributed by atoms with Crippen LogP contribution in [0.2, 0.25) is 0 Å². The number of carbonyl (C=O) groups is 1. The van der Waals surface area contributed by atoms with E-state index in [0.29, 0.717) is 25.9 Å². The third kappa shape index (κ3) is 4.34. The zero-order valence-electron chi connectivity index (χ0n) is 16.1. The lowest BCUT2D eigenvalue weighted by atomic mass is 9.97. The Morgan fingerprint density at radius 3 is 2.43 bits per heavy atom. The smallest absolute Gasteiger partial charge is 0.418 e. The van der Waals surface area contributed by atoms with Crippen LogP contribution >= 0.6 is 0 Å². The molecule has 6 nitrogen and oxygen atoms in total. The molecule has 0 aliphatic carbocycles. The third-order valence-corrected chi connectivity index (χ3v) is 4.81. The summed E-state index contributed by atoms with van der Waals surface area (Å²) < 4.78 is 46.6. The lowest BCUT2D eigenvalue weighted by molar-refractivity contribution is -0.136. The van der Waals surface area contributed by atoms with Crippen LogP contribution < -0.4 is 5.69 Å². The molecule has 3 rings (SSSR count). The minimum atomic E-state index is -4.55. The Morgan fingerprint density at radius 1 is 1.21 bits per heavy atom. The average Bonchev–Trinajstić information content (AvgIpc) is 2.88. The number of alkyl halides is 3. The molecule has 0 saturated carbocycles. The first kappa shape index (κ1) is 20.3. The second-order valence-electron chi connectivity index (χ2n) is 8.15. The number of aromatic nitrogens is 2. The molecule has 0 bridgehead atoms.